The van der Waals surface area contributed by atoms with Crippen LogP contribution in [-0.4, -0.2) is 38.2 Å². The minimum atomic E-state index is 0.315. The summed E-state index contributed by atoms with van der Waals surface area (Å²) in [6.07, 6.45) is 0. The average Bonchev–Trinajstić information content (AvgIpc) is 1.21. The minimum Gasteiger partial charge on any atom is -0.330 e. The molecule has 0 radical (unpaired) electrons. The van der Waals surface area contributed by atoms with Gasteiger partial charge in [-0.1, -0.05) is 0 Å². The predicted octanol–water partition coefficient (Wildman–Crippen LogP) is 0.0398. The molecule has 0 aromatic carbocycles. The van der Waals surface area contributed by atoms with Gasteiger partial charge in [-0.05, 0) is 6.92 Å². The van der Waals surface area contributed by atoms with E-state index in [9.17, 15) is 0 Å². The van der Waals surface area contributed by atoms with E-state index >= 15 is 0 Å². The number of nitrogens with zero attached hydrogens (tertiary/aromatic N) is 1. The minimum absolute atomic E-state index is 0.315. The van der Waals surface area contributed by atoms with Crippen LogP contribution in [0.5, 0.6) is 0 Å². The third-order valence-corrected chi connectivity index (χ3v) is 0.836. The van der Waals surface area contributed by atoms with Crippen molar-refractivity contribution in [2.75, 3.05) is 27.7 Å². The molecule has 1 atom stereocenters. The summed E-state index contributed by atoms with van der Waals surface area (Å²) in [6, 6.07) is 0.315. The fourth-order valence-electron chi connectivity index (χ4n) is 0.864. The first-order chi connectivity index (χ1) is 3.42. The van der Waals surface area contributed by atoms with Gasteiger partial charge in [0.15, 0.2) is 0 Å². The lowest BCUT2D eigenvalue weighted by molar-refractivity contribution is -0.871. The Morgan fingerprint density at radius 1 is 1.38 bits per heavy atom. The molecular formula is C6H17N2+. The summed E-state index contributed by atoms with van der Waals surface area (Å²) in [7, 11) is 6.43. The van der Waals surface area contributed by atoms with Crippen molar-refractivity contribution in [1.29, 1.82) is 0 Å². The summed E-state index contributed by atoms with van der Waals surface area (Å²) >= 11 is 0. The van der Waals surface area contributed by atoms with Crippen LogP contribution in [0.1, 0.15) is 6.92 Å². The summed E-state index contributed by atoms with van der Waals surface area (Å²) in [4.78, 5) is 0. The van der Waals surface area contributed by atoms with E-state index in [-0.39, 0.29) is 0 Å². The molecule has 0 rings (SSSR count). The third kappa shape index (κ3) is 5.92. The molecule has 0 aromatic rings. The molecule has 0 spiro atoms. The van der Waals surface area contributed by atoms with Crippen LogP contribution in [0.3, 0.4) is 0 Å². The van der Waals surface area contributed by atoms with Crippen molar-refractivity contribution in [1.82, 2.24) is 0 Å². The number of likely N-dealkylation sites (N-methyl/N-ethyl adjacent to an activating group) is 1. The molecule has 0 heterocycles. The van der Waals surface area contributed by atoms with Gasteiger partial charge in [0.05, 0.1) is 33.7 Å². The molecule has 0 saturated carbocycles. The van der Waals surface area contributed by atoms with Gasteiger partial charge in [-0.25, -0.2) is 0 Å². The van der Waals surface area contributed by atoms with Gasteiger partial charge in [-0.3, -0.25) is 0 Å². The first-order valence-corrected chi connectivity index (χ1v) is 2.98. The quantitative estimate of drug-likeness (QED) is 0.508. The number of nitrogens with two attached hydrogens (primary N) is 1. The molecule has 0 aliphatic rings. The van der Waals surface area contributed by atoms with Gasteiger partial charge in [0, 0.05) is 0 Å². The summed E-state index contributed by atoms with van der Waals surface area (Å²) in [5.41, 5.74) is 5.56. The second-order valence-corrected chi connectivity index (χ2v) is 3.45. The van der Waals surface area contributed by atoms with E-state index in [1.165, 1.54) is 0 Å². The maximum absolute atomic E-state index is 5.56. The molecule has 2 nitrogen and oxygen atoms in total. The van der Waals surface area contributed by atoms with Crippen molar-refractivity contribution < 1.29 is 4.48 Å². The molecule has 8 heavy (non-hydrogen) atoms. The molecular weight excluding hydrogens is 100 g/mol. The normalized spacial score (nSPS) is 16.1. The monoisotopic (exact) mass is 117 g/mol. The fourth-order valence-corrected chi connectivity index (χ4v) is 0.864. The van der Waals surface area contributed by atoms with E-state index in [2.05, 4.69) is 21.1 Å². The maximum Gasteiger partial charge on any atom is 0.0931 e. The van der Waals surface area contributed by atoms with Gasteiger partial charge in [-0.2, -0.15) is 0 Å². The lowest BCUT2D eigenvalue weighted by Crippen LogP contribution is -2.43. The van der Waals surface area contributed by atoms with Crippen molar-refractivity contribution >= 4 is 0 Å². The number of rotatable bonds is 2. The van der Waals surface area contributed by atoms with Crippen LogP contribution >= 0.6 is 0 Å². The zero-order valence-electron chi connectivity index (χ0n) is 6.31. The number of quaternary nitrogens is 1. The first kappa shape index (κ1) is 7.92. The number of hydrogen-bond donors (Lipinski definition) is 1. The topological polar surface area (TPSA) is 26.0 Å². The Hall–Kier alpha value is -0.0800. The summed E-state index contributed by atoms with van der Waals surface area (Å²) in [5, 5.41) is 0. The van der Waals surface area contributed by atoms with E-state index in [1.54, 1.807) is 0 Å². The summed E-state index contributed by atoms with van der Waals surface area (Å²) in [5.74, 6) is 0. The van der Waals surface area contributed by atoms with Crippen molar-refractivity contribution in [3.8, 4) is 0 Å². The van der Waals surface area contributed by atoms with Crippen LogP contribution in [0.25, 0.3) is 0 Å². The molecule has 2 N–H and O–H groups in total. The second-order valence-electron chi connectivity index (χ2n) is 3.45. The van der Waals surface area contributed by atoms with E-state index < -0.39 is 0 Å². The number of hydrogen-bond acceptors (Lipinski definition) is 1. The molecule has 0 aliphatic heterocycles. The van der Waals surface area contributed by atoms with Gasteiger partial charge in [0.25, 0.3) is 0 Å². The van der Waals surface area contributed by atoms with Gasteiger partial charge in [0.1, 0.15) is 0 Å². The van der Waals surface area contributed by atoms with Crippen LogP contribution in [0, 0.1) is 0 Å². The molecule has 0 aromatic heterocycles. The zero-order chi connectivity index (χ0) is 6.78. The lowest BCUT2D eigenvalue weighted by Gasteiger charge is -2.25. The summed E-state index contributed by atoms with van der Waals surface area (Å²) < 4.78 is 0.956. The molecule has 0 bridgehead atoms. The van der Waals surface area contributed by atoms with Crippen LogP contribution < -0.4 is 5.73 Å². The van der Waals surface area contributed by atoms with Crippen LogP contribution in [0.2, 0.25) is 0 Å². The molecule has 0 aliphatic carbocycles. The Labute approximate surface area is 51.9 Å². The van der Waals surface area contributed by atoms with Gasteiger partial charge >= 0.3 is 0 Å². The average molecular weight is 117 g/mol. The fraction of sp³-hybridized carbons (Fsp3) is 1.00. The van der Waals surface area contributed by atoms with E-state index in [0.717, 1.165) is 11.0 Å². The largest absolute Gasteiger partial charge is 0.330 e. The standard InChI is InChI=1S/C6H17N2/c1-6(7)5-8(2,3)4/h6H,5,7H2,1-4H3/q+1. The smallest absolute Gasteiger partial charge is 0.0931 e. The Kier molecular flexibility index (Phi) is 2.44. The Morgan fingerprint density at radius 2 is 1.75 bits per heavy atom. The molecule has 2 heteroatoms. The van der Waals surface area contributed by atoms with Crippen LogP contribution in [-0.2, 0) is 0 Å². The van der Waals surface area contributed by atoms with E-state index in [4.69, 9.17) is 5.73 Å². The second kappa shape index (κ2) is 2.46. The molecule has 0 saturated heterocycles. The Bertz CT molecular complexity index is 61.4. The van der Waals surface area contributed by atoms with Gasteiger partial charge in [0.2, 0.25) is 0 Å². The molecule has 50 valence electrons. The molecule has 1 unspecified atom stereocenters. The molecule has 0 fully saturated rings. The Morgan fingerprint density at radius 3 is 1.75 bits per heavy atom. The Balaban J connectivity index is 3.39. The maximum atomic E-state index is 5.56. The van der Waals surface area contributed by atoms with Crippen molar-refractivity contribution in [2.45, 2.75) is 13.0 Å². The van der Waals surface area contributed by atoms with Crippen molar-refractivity contribution in [2.24, 2.45) is 5.73 Å². The lowest BCUT2D eigenvalue weighted by atomic mass is 10.3. The highest BCUT2D eigenvalue weighted by molar-refractivity contribution is 4.47. The van der Waals surface area contributed by atoms with E-state index in [1.807, 2.05) is 6.92 Å². The highest BCUT2D eigenvalue weighted by Gasteiger charge is 2.08. The molecule has 0 amide bonds. The predicted molar refractivity (Wildman–Crippen MR) is 36.5 cm³/mol. The van der Waals surface area contributed by atoms with Crippen molar-refractivity contribution in [3.63, 3.8) is 0 Å². The first-order valence-electron chi connectivity index (χ1n) is 2.98. The highest BCUT2D eigenvalue weighted by Crippen LogP contribution is 1.90. The summed E-state index contributed by atoms with van der Waals surface area (Å²) in [6.45, 7) is 3.07. The zero-order valence-corrected chi connectivity index (χ0v) is 6.31. The van der Waals surface area contributed by atoms with Crippen molar-refractivity contribution in [3.05, 3.63) is 0 Å². The third-order valence-electron chi connectivity index (χ3n) is 0.836. The van der Waals surface area contributed by atoms with Gasteiger partial charge in [-0.15, -0.1) is 0 Å². The SMILES string of the molecule is CC(N)C[N+](C)(C)C. The van der Waals surface area contributed by atoms with Crippen LogP contribution in [0.4, 0.5) is 0 Å². The van der Waals surface area contributed by atoms with E-state index in [0.29, 0.717) is 6.04 Å². The van der Waals surface area contributed by atoms with Crippen LogP contribution in [0.15, 0.2) is 0 Å². The van der Waals surface area contributed by atoms with Gasteiger partial charge < -0.3 is 10.2 Å². The highest BCUT2D eigenvalue weighted by atomic mass is 15.3.